The van der Waals surface area contributed by atoms with Crippen molar-refractivity contribution in [2.45, 2.75) is 0 Å². The lowest BCUT2D eigenvalue weighted by atomic mass is 10.1. The highest BCUT2D eigenvalue weighted by Crippen LogP contribution is 2.30. The molecule has 0 fully saturated rings. The van der Waals surface area contributed by atoms with E-state index in [1.54, 1.807) is 41.5 Å². The quantitative estimate of drug-likeness (QED) is 0.912. The van der Waals surface area contributed by atoms with E-state index in [9.17, 15) is 9.18 Å². The van der Waals surface area contributed by atoms with E-state index in [2.05, 4.69) is 4.99 Å². The molecule has 0 saturated heterocycles. The number of rotatable bonds is 2. The van der Waals surface area contributed by atoms with Gasteiger partial charge in [-0.2, -0.15) is 0 Å². The smallest absolute Gasteiger partial charge is 0.250 e. The zero-order valence-corrected chi connectivity index (χ0v) is 12.1. The van der Waals surface area contributed by atoms with Crippen LogP contribution in [0.2, 0.25) is 0 Å². The second-order valence-electron chi connectivity index (χ2n) is 4.66. The van der Waals surface area contributed by atoms with Crippen LogP contribution in [-0.2, 0) is 4.79 Å². The lowest BCUT2D eigenvalue weighted by Crippen LogP contribution is -2.25. The Morgan fingerprint density at radius 1 is 1.27 bits per heavy atom. The van der Waals surface area contributed by atoms with Gasteiger partial charge in [-0.05, 0) is 24.3 Å². The summed E-state index contributed by atoms with van der Waals surface area (Å²) in [5, 5.41) is 0.414. The number of hydrogen-bond acceptors (Lipinski definition) is 3. The minimum atomic E-state index is -0.591. The predicted octanol–water partition coefficient (Wildman–Crippen LogP) is 2.90. The number of primary amides is 1. The Kier molecular flexibility index (Phi) is 3.65. The molecule has 0 radical (unpaired) electrons. The van der Waals surface area contributed by atoms with Gasteiger partial charge < -0.3 is 10.6 Å². The van der Waals surface area contributed by atoms with Gasteiger partial charge in [0.1, 0.15) is 11.7 Å². The Morgan fingerprint density at radius 3 is 2.77 bits per heavy atom. The van der Waals surface area contributed by atoms with E-state index < -0.39 is 5.91 Å². The van der Waals surface area contributed by atoms with E-state index in [4.69, 9.17) is 17.3 Å². The lowest BCUT2D eigenvalue weighted by Gasteiger charge is -2.26. The molecule has 2 aliphatic rings. The number of fused-ring (bicyclic) bond motifs is 1. The number of halogens is 2. The number of benzene rings is 1. The molecule has 1 aromatic rings. The van der Waals surface area contributed by atoms with Crippen LogP contribution in [0.3, 0.4) is 0 Å². The Bertz CT molecular complexity index is 805. The summed E-state index contributed by atoms with van der Waals surface area (Å²) >= 11 is 6.10. The van der Waals surface area contributed by atoms with Crippen LogP contribution in [0.1, 0.15) is 5.56 Å². The van der Waals surface area contributed by atoms with Crippen molar-refractivity contribution in [3.05, 3.63) is 76.9 Å². The largest absolute Gasteiger partial charge is 0.366 e. The van der Waals surface area contributed by atoms with Crippen molar-refractivity contribution in [1.29, 1.82) is 0 Å². The Hall–Kier alpha value is -2.66. The topological polar surface area (TPSA) is 58.7 Å². The van der Waals surface area contributed by atoms with E-state index in [0.717, 1.165) is 0 Å². The number of hydrogen-bond donors (Lipinski definition) is 1. The van der Waals surface area contributed by atoms with Gasteiger partial charge in [0, 0.05) is 29.1 Å². The molecule has 1 aromatic carbocycles. The fourth-order valence-corrected chi connectivity index (χ4v) is 2.37. The highest BCUT2D eigenvalue weighted by Gasteiger charge is 2.22. The zero-order valence-electron chi connectivity index (χ0n) is 11.3. The number of aliphatic imine (C=N–C) groups is 1. The molecular weight excluding hydrogens is 305 g/mol. The van der Waals surface area contributed by atoms with Gasteiger partial charge in [-0.25, -0.2) is 9.38 Å². The number of allylic oxidation sites excluding steroid dienone is 2. The van der Waals surface area contributed by atoms with Crippen molar-refractivity contribution in [2.75, 3.05) is 0 Å². The minimum Gasteiger partial charge on any atom is -0.366 e. The second-order valence-corrected chi connectivity index (χ2v) is 5.10. The molecule has 1 amide bonds. The SMILES string of the molecule is NC(=O)C1=CN=C2C=C(Cl)C=C(c3ccccc3F)N2C=C1. The summed E-state index contributed by atoms with van der Waals surface area (Å²) < 4.78 is 14.1. The Labute approximate surface area is 131 Å². The van der Waals surface area contributed by atoms with E-state index in [0.29, 0.717) is 22.1 Å². The van der Waals surface area contributed by atoms with E-state index in [-0.39, 0.29) is 11.4 Å². The van der Waals surface area contributed by atoms with Crippen LogP contribution in [0, 0.1) is 5.82 Å². The first-order valence-electron chi connectivity index (χ1n) is 6.45. The maximum atomic E-state index is 14.1. The molecule has 4 nitrogen and oxygen atoms in total. The van der Waals surface area contributed by atoms with Crippen LogP contribution in [0.4, 0.5) is 4.39 Å². The molecule has 6 heteroatoms. The van der Waals surface area contributed by atoms with E-state index >= 15 is 0 Å². The average Bonchev–Trinajstić information content (AvgIpc) is 2.69. The number of nitrogens with zero attached hydrogens (tertiary/aromatic N) is 2. The maximum Gasteiger partial charge on any atom is 0.250 e. The van der Waals surface area contributed by atoms with Crippen LogP contribution in [0.5, 0.6) is 0 Å². The van der Waals surface area contributed by atoms with Gasteiger partial charge in [-0.15, -0.1) is 0 Å². The van der Waals surface area contributed by atoms with Crippen LogP contribution in [0.25, 0.3) is 5.70 Å². The summed E-state index contributed by atoms with van der Waals surface area (Å²) in [6.07, 6.45) is 7.76. The summed E-state index contributed by atoms with van der Waals surface area (Å²) in [7, 11) is 0. The molecule has 22 heavy (non-hydrogen) atoms. The molecule has 0 unspecified atom stereocenters. The predicted molar refractivity (Wildman–Crippen MR) is 84.0 cm³/mol. The van der Waals surface area contributed by atoms with Crippen molar-refractivity contribution in [3.63, 3.8) is 0 Å². The number of nitrogens with two attached hydrogens (primary N) is 1. The summed E-state index contributed by atoms with van der Waals surface area (Å²) in [5.41, 5.74) is 6.42. The van der Waals surface area contributed by atoms with Crippen LogP contribution >= 0.6 is 11.6 Å². The molecule has 0 aromatic heterocycles. The van der Waals surface area contributed by atoms with Crippen molar-refractivity contribution in [1.82, 2.24) is 4.90 Å². The van der Waals surface area contributed by atoms with Gasteiger partial charge in [0.15, 0.2) is 0 Å². The molecular formula is C16H11ClFN3O. The standard InChI is InChI=1S/C16H11ClFN3O/c17-11-7-14(12-3-1-2-4-13(12)18)21-6-5-10(16(19)22)9-20-15(21)8-11/h1-9H,(H2,19,22). The number of amides is 1. The third-order valence-corrected chi connectivity index (χ3v) is 3.44. The molecule has 2 heterocycles. The molecule has 0 spiro atoms. The lowest BCUT2D eigenvalue weighted by molar-refractivity contribution is -0.114. The first-order valence-corrected chi connectivity index (χ1v) is 6.83. The second kappa shape index (κ2) is 5.61. The van der Waals surface area contributed by atoms with Crippen molar-refractivity contribution in [2.24, 2.45) is 10.7 Å². The number of carbonyl (C=O) groups is 1. The highest BCUT2D eigenvalue weighted by molar-refractivity contribution is 6.34. The van der Waals surface area contributed by atoms with Crippen molar-refractivity contribution < 1.29 is 9.18 Å². The molecule has 3 rings (SSSR count). The number of carbonyl (C=O) groups excluding carboxylic acids is 1. The van der Waals surface area contributed by atoms with Crippen molar-refractivity contribution >= 4 is 29.0 Å². The monoisotopic (exact) mass is 315 g/mol. The summed E-state index contributed by atoms with van der Waals surface area (Å²) in [4.78, 5) is 17.1. The fourth-order valence-electron chi connectivity index (χ4n) is 2.17. The van der Waals surface area contributed by atoms with Crippen LogP contribution in [0.15, 0.2) is 70.5 Å². The van der Waals surface area contributed by atoms with Gasteiger partial charge in [0.25, 0.3) is 0 Å². The van der Waals surface area contributed by atoms with Gasteiger partial charge in [-0.3, -0.25) is 4.79 Å². The van der Waals surface area contributed by atoms with Crippen LogP contribution < -0.4 is 5.73 Å². The first kappa shape index (κ1) is 14.3. The molecule has 2 N–H and O–H groups in total. The van der Waals surface area contributed by atoms with Gasteiger partial charge in [0.2, 0.25) is 5.91 Å². The zero-order chi connectivity index (χ0) is 15.7. The van der Waals surface area contributed by atoms with E-state index in [1.165, 1.54) is 18.3 Å². The van der Waals surface area contributed by atoms with Gasteiger partial charge in [0.05, 0.1) is 11.3 Å². The van der Waals surface area contributed by atoms with Gasteiger partial charge >= 0.3 is 0 Å². The minimum absolute atomic E-state index is 0.249. The molecule has 0 bridgehead atoms. The summed E-state index contributed by atoms with van der Waals surface area (Å²) in [5.74, 6) is -0.495. The van der Waals surface area contributed by atoms with Gasteiger partial charge in [-0.1, -0.05) is 23.7 Å². The molecule has 0 aliphatic carbocycles. The normalized spacial score (nSPS) is 16.9. The molecule has 2 aliphatic heterocycles. The third-order valence-electron chi connectivity index (χ3n) is 3.22. The van der Waals surface area contributed by atoms with Crippen LogP contribution in [-0.4, -0.2) is 16.6 Å². The molecule has 0 atom stereocenters. The van der Waals surface area contributed by atoms with Crippen molar-refractivity contribution in [3.8, 4) is 0 Å². The number of amidine groups is 1. The average molecular weight is 316 g/mol. The fraction of sp³-hybridized carbons (Fsp3) is 0. The Morgan fingerprint density at radius 2 is 2.05 bits per heavy atom. The Balaban J connectivity index is 2.11. The summed E-state index contributed by atoms with van der Waals surface area (Å²) in [6, 6.07) is 6.36. The highest BCUT2D eigenvalue weighted by atomic mass is 35.5. The van der Waals surface area contributed by atoms with E-state index in [1.807, 2.05) is 0 Å². The maximum absolute atomic E-state index is 14.1. The molecule has 0 saturated carbocycles. The summed E-state index contributed by atoms with van der Waals surface area (Å²) in [6.45, 7) is 0. The first-order chi connectivity index (χ1) is 10.6. The third kappa shape index (κ3) is 2.58. The molecule has 110 valence electrons.